The second-order valence-corrected chi connectivity index (χ2v) is 6.02. The molecule has 0 bridgehead atoms. The Bertz CT molecular complexity index is 1070. The van der Waals surface area contributed by atoms with Crippen molar-refractivity contribution in [3.8, 4) is 0 Å². The van der Waals surface area contributed by atoms with Gasteiger partial charge in [0.05, 0.1) is 10.9 Å². The third-order valence-corrected chi connectivity index (χ3v) is 4.47. The fraction of sp³-hybridized carbons (Fsp3) is 0.222. The van der Waals surface area contributed by atoms with Crippen molar-refractivity contribution in [2.24, 2.45) is 0 Å². The fourth-order valence-corrected chi connectivity index (χ4v) is 3.29. The first-order valence-corrected chi connectivity index (χ1v) is 7.80. The molecule has 6 heteroatoms. The Morgan fingerprint density at radius 1 is 1.12 bits per heavy atom. The van der Waals surface area contributed by atoms with Crippen LogP contribution in [0.4, 0.5) is 0 Å². The number of amides is 2. The third kappa shape index (κ3) is 2.19. The number of aryl methyl sites for hydroxylation is 1. The van der Waals surface area contributed by atoms with Crippen LogP contribution < -0.4 is 10.9 Å². The molecule has 24 heavy (non-hydrogen) atoms. The van der Waals surface area contributed by atoms with Crippen molar-refractivity contribution in [2.75, 3.05) is 0 Å². The molecular weight excluding hydrogens is 306 g/mol. The second-order valence-electron chi connectivity index (χ2n) is 6.02. The normalized spacial score (nSPS) is 18.1. The highest BCUT2D eigenvalue weighted by molar-refractivity contribution is 6.00. The van der Waals surface area contributed by atoms with E-state index in [1.54, 1.807) is 6.92 Å². The zero-order chi connectivity index (χ0) is 16.8. The maximum Gasteiger partial charge on any atom is 0.262 e. The molecule has 0 radical (unpaired) electrons. The fourth-order valence-electron chi connectivity index (χ4n) is 3.29. The van der Waals surface area contributed by atoms with Gasteiger partial charge >= 0.3 is 0 Å². The van der Waals surface area contributed by atoms with Crippen molar-refractivity contribution in [3.05, 3.63) is 52.6 Å². The number of aromatic nitrogens is 2. The van der Waals surface area contributed by atoms with Gasteiger partial charge in [-0.3, -0.25) is 24.3 Å². The van der Waals surface area contributed by atoms with Gasteiger partial charge in [-0.1, -0.05) is 24.3 Å². The lowest BCUT2D eigenvalue weighted by Crippen LogP contribution is -2.45. The lowest BCUT2D eigenvalue weighted by molar-refractivity contribution is -0.135. The van der Waals surface area contributed by atoms with E-state index in [4.69, 9.17) is 0 Å². The number of benzene rings is 2. The van der Waals surface area contributed by atoms with E-state index in [-0.39, 0.29) is 17.9 Å². The number of hydrogen-bond donors (Lipinski definition) is 1. The van der Waals surface area contributed by atoms with Crippen LogP contribution >= 0.6 is 0 Å². The van der Waals surface area contributed by atoms with Crippen LogP contribution in [0.3, 0.4) is 0 Å². The summed E-state index contributed by atoms with van der Waals surface area (Å²) in [5, 5.41) is 4.73. The molecule has 0 spiro atoms. The molecule has 3 aromatic rings. The van der Waals surface area contributed by atoms with Gasteiger partial charge in [0.1, 0.15) is 11.9 Å². The zero-order valence-electron chi connectivity index (χ0n) is 13.1. The third-order valence-electron chi connectivity index (χ3n) is 4.47. The molecule has 1 aliphatic rings. The molecule has 2 heterocycles. The number of carbonyl (C=O) groups excluding carboxylic acids is 2. The predicted molar refractivity (Wildman–Crippen MR) is 89.7 cm³/mol. The first-order valence-electron chi connectivity index (χ1n) is 7.80. The van der Waals surface area contributed by atoms with Crippen LogP contribution in [0.15, 0.2) is 41.2 Å². The van der Waals surface area contributed by atoms with Crippen molar-refractivity contribution in [1.29, 1.82) is 0 Å². The van der Waals surface area contributed by atoms with Crippen molar-refractivity contribution >= 4 is 33.5 Å². The molecule has 2 aromatic carbocycles. The van der Waals surface area contributed by atoms with Crippen LogP contribution in [0.25, 0.3) is 21.7 Å². The van der Waals surface area contributed by atoms with E-state index < -0.39 is 11.9 Å². The van der Waals surface area contributed by atoms with E-state index in [1.165, 1.54) is 4.57 Å². The molecule has 1 saturated heterocycles. The highest BCUT2D eigenvalue weighted by Gasteiger charge is 2.30. The average molecular weight is 321 g/mol. The summed E-state index contributed by atoms with van der Waals surface area (Å²) in [6.45, 7) is 1.71. The monoisotopic (exact) mass is 321 g/mol. The molecule has 1 aromatic heterocycles. The molecule has 120 valence electrons. The maximum absolute atomic E-state index is 13.0. The Morgan fingerprint density at radius 2 is 1.83 bits per heavy atom. The summed E-state index contributed by atoms with van der Waals surface area (Å²) in [7, 11) is 0. The van der Waals surface area contributed by atoms with Gasteiger partial charge in [0, 0.05) is 6.42 Å². The van der Waals surface area contributed by atoms with Gasteiger partial charge in [0.15, 0.2) is 0 Å². The van der Waals surface area contributed by atoms with Gasteiger partial charge in [-0.05, 0) is 36.2 Å². The van der Waals surface area contributed by atoms with Crippen molar-refractivity contribution in [1.82, 2.24) is 14.9 Å². The second kappa shape index (κ2) is 5.26. The molecular formula is C18H15N3O3. The molecule has 0 unspecified atom stereocenters. The largest absolute Gasteiger partial charge is 0.295 e. The average Bonchev–Trinajstić information content (AvgIpc) is 2.55. The van der Waals surface area contributed by atoms with Crippen molar-refractivity contribution in [3.63, 3.8) is 0 Å². The number of rotatable bonds is 1. The van der Waals surface area contributed by atoms with Crippen LogP contribution in [0, 0.1) is 6.92 Å². The Labute approximate surface area is 137 Å². The Morgan fingerprint density at radius 3 is 2.54 bits per heavy atom. The minimum absolute atomic E-state index is 0.220. The van der Waals surface area contributed by atoms with Crippen LogP contribution in [0.5, 0.6) is 0 Å². The van der Waals surface area contributed by atoms with Crippen LogP contribution in [-0.4, -0.2) is 21.4 Å². The van der Waals surface area contributed by atoms with E-state index >= 15 is 0 Å². The number of nitrogens with zero attached hydrogens (tertiary/aromatic N) is 2. The first-order chi connectivity index (χ1) is 11.5. The standard InChI is InChI=1S/C18H15N3O3/c1-10-19-14-9-12-5-3-2-4-11(12)8-13(14)18(24)21(10)15-6-7-16(22)20-17(15)23/h2-5,8-9,15H,6-7H2,1H3,(H,20,22,23)/t15-/m1/s1. The van der Waals surface area contributed by atoms with E-state index in [9.17, 15) is 14.4 Å². The van der Waals surface area contributed by atoms with E-state index in [0.717, 1.165) is 10.8 Å². The van der Waals surface area contributed by atoms with Gasteiger partial charge in [-0.2, -0.15) is 0 Å². The quantitative estimate of drug-likeness (QED) is 0.548. The number of fused-ring (bicyclic) bond motifs is 2. The summed E-state index contributed by atoms with van der Waals surface area (Å²) in [5.74, 6) is -0.280. The van der Waals surface area contributed by atoms with Gasteiger partial charge < -0.3 is 0 Å². The molecule has 1 aliphatic heterocycles. The Hall–Kier alpha value is -3.02. The van der Waals surface area contributed by atoms with Crippen molar-refractivity contribution in [2.45, 2.75) is 25.8 Å². The summed E-state index contributed by atoms with van der Waals surface area (Å²) in [5.41, 5.74) is 0.359. The van der Waals surface area contributed by atoms with E-state index in [2.05, 4.69) is 10.3 Å². The molecule has 1 atom stereocenters. The van der Waals surface area contributed by atoms with E-state index in [0.29, 0.717) is 23.1 Å². The first kappa shape index (κ1) is 14.6. The highest BCUT2D eigenvalue weighted by atomic mass is 16.2. The summed E-state index contributed by atoms with van der Waals surface area (Å²) in [6, 6.07) is 10.7. The molecule has 1 fully saturated rings. The highest BCUT2D eigenvalue weighted by Crippen LogP contribution is 2.23. The van der Waals surface area contributed by atoms with Crippen molar-refractivity contribution < 1.29 is 9.59 Å². The predicted octanol–water partition coefficient (Wildman–Crippen LogP) is 1.84. The van der Waals surface area contributed by atoms with Gasteiger partial charge in [0.25, 0.3) is 5.56 Å². The molecule has 0 saturated carbocycles. The minimum atomic E-state index is -0.696. The van der Waals surface area contributed by atoms with Gasteiger partial charge in [0.2, 0.25) is 11.8 Å². The summed E-state index contributed by atoms with van der Waals surface area (Å²) >= 11 is 0. The topological polar surface area (TPSA) is 81.1 Å². The SMILES string of the molecule is Cc1nc2cc3ccccc3cc2c(=O)n1[C@@H]1CCC(=O)NC1=O. The van der Waals surface area contributed by atoms with E-state index in [1.807, 2.05) is 36.4 Å². The zero-order valence-corrected chi connectivity index (χ0v) is 13.1. The van der Waals surface area contributed by atoms with Crippen LogP contribution in [0.2, 0.25) is 0 Å². The van der Waals surface area contributed by atoms with Gasteiger partial charge in [-0.25, -0.2) is 4.98 Å². The smallest absolute Gasteiger partial charge is 0.262 e. The Balaban J connectivity index is 1.96. The molecule has 4 rings (SSSR count). The number of nitrogens with one attached hydrogen (secondary N) is 1. The minimum Gasteiger partial charge on any atom is -0.295 e. The maximum atomic E-state index is 13.0. The van der Waals surface area contributed by atoms with Crippen LogP contribution in [-0.2, 0) is 9.59 Å². The Kier molecular flexibility index (Phi) is 3.19. The summed E-state index contributed by atoms with van der Waals surface area (Å²) < 4.78 is 1.40. The number of piperidine rings is 1. The summed E-state index contributed by atoms with van der Waals surface area (Å²) in [4.78, 5) is 41.0. The molecule has 6 nitrogen and oxygen atoms in total. The summed E-state index contributed by atoms with van der Waals surface area (Å²) in [6.07, 6.45) is 0.532. The lowest BCUT2D eigenvalue weighted by Gasteiger charge is -2.24. The number of hydrogen-bond acceptors (Lipinski definition) is 4. The molecule has 1 N–H and O–H groups in total. The molecule has 2 amide bonds. The van der Waals surface area contributed by atoms with Crippen LogP contribution in [0.1, 0.15) is 24.7 Å². The lowest BCUT2D eigenvalue weighted by atomic mass is 10.0. The number of carbonyl (C=O) groups is 2. The number of imide groups is 1. The van der Waals surface area contributed by atoms with Gasteiger partial charge in [-0.15, -0.1) is 0 Å². The molecule has 0 aliphatic carbocycles.